The quantitative estimate of drug-likeness (QED) is 0.661. The molecule has 128 valence electrons. The average Bonchev–Trinajstić information content (AvgIpc) is 2.56. The highest BCUT2D eigenvalue weighted by molar-refractivity contribution is 14.1. The van der Waals surface area contributed by atoms with Gasteiger partial charge < -0.3 is 14.8 Å². The Morgan fingerprint density at radius 1 is 1.17 bits per heavy atom. The first-order valence-corrected chi connectivity index (χ1v) is 8.80. The van der Waals surface area contributed by atoms with Gasteiger partial charge in [0.15, 0.2) is 0 Å². The summed E-state index contributed by atoms with van der Waals surface area (Å²) in [5, 5.41) is 2.99. The number of anilines is 1. The number of carbonyl (C=O) groups is 1. The van der Waals surface area contributed by atoms with E-state index in [2.05, 4.69) is 27.9 Å². The largest absolute Gasteiger partial charge is 0.497 e. The van der Waals surface area contributed by atoms with Crippen LogP contribution in [0.15, 0.2) is 36.4 Å². The molecule has 0 aliphatic carbocycles. The van der Waals surface area contributed by atoms with Crippen LogP contribution in [-0.4, -0.2) is 20.1 Å². The summed E-state index contributed by atoms with van der Waals surface area (Å²) in [5.74, 6) is 1.50. The lowest BCUT2D eigenvalue weighted by atomic mass is 9.96. The fourth-order valence-electron chi connectivity index (χ4n) is 2.58. The lowest BCUT2D eigenvalue weighted by Crippen LogP contribution is -2.15. The zero-order valence-corrected chi connectivity index (χ0v) is 16.5. The van der Waals surface area contributed by atoms with Gasteiger partial charge in [-0.05, 0) is 70.8 Å². The third-order valence-electron chi connectivity index (χ3n) is 3.93. The molecule has 2 aromatic carbocycles. The van der Waals surface area contributed by atoms with Gasteiger partial charge in [-0.25, -0.2) is 0 Å². The summed E-state index contributed by atoms with van der Waals surface area (Å²) < 4.78 is 11.8. The van der Waals surface area contributed by atoms with E-state index in [-0.39, 0.29) is 11.8 Å². The number of methoxy groups -OCH3 is 2. The predicted molar refractivity (Wildman–Crippen MR) is 105 cm³/mol. The smallest absolute Gasteiger partial charge is 0.224 e. The van der Waals surface area contributed by atoms with Crippen molar-refractivity contribution in [2.45, 2.75) is 26.2 Å². The van der Waals surface area contributed by atoms with Crippen LogP contribution in [0, 0.1) is 10.5 Å². The summed E-state index contributed by atoms with van der Waals surface area (Å²) in [7, 11) is 3.24. The first kappa shape index (κ1) is 18.6. The van der Waals surface area contributed by atoms with E-state index in [9.17, 15) is 4.79 Å². The molecule has 1 amide bonds. The molecule has 1 N–H and O–H groups in total. The number of ether oxygens (including phenoxy) is 2. The molecular formula is C19H22INO3. The van der Waals surface area contributed by atoms with Crippen LogP contribution in [0.3, 0.4) is 0 Å². The molecule has 0 heterocycles. The number of aryl methyl sites for hydroxylation is 1. The molecule has 0 aliphatic heterocycles. The second-order valence-corrected chi connectivity index (χ2v) is 6.97. The van der Waals surface area contributed by atoms with Crippen molar-refractivity contribution in [1.29, 1.82) is 0 Å². The normalized spacial score (nSPS) is 11.7. The van der Waals surface area contributed by atoms with E-state index in [1.807, 2.05) is 50.2 Å². The summed E-state index contributed by atoms with van der Waals surface area (Å²) in [4.78, 5) is 12.4. The average molecular weight is 439 g/mol. The zero-order valence-electron chi connectivity index (χ0n) is 14.4. The number of benzene rings is 2. The number of nitrogens with one attached hydrogen (secondary N) is 1. The standard InChI is InChI=1S/C19H22INO3/c1-12(16-7-6-15(23-3)11-18(16)24-4)10-19(22)21-17-8-5-14(20)9-13(17)2/h5-9,11-12H,10H2,1-4H3,(H,21,22). The highest BCUT2D eigenvalue weighted by Crippen LogP contribution is 2.32. The van der Waals surface area contributed by atoms with E-state index < -0.39 is 0 Å². The van der Waals surface area contributed by atoms with Crippen molar-refractivity contribution in [2.75, 3.05) is 19.5 Å². The molecule has 1 atom stereocenters. The number of hydrogen-bond acceptors (Lipinski definition) is 3. The van der Waals surface area contributed by atoms with E-state index in [0.717, 1.165) is 31.9 Å². The number of rotatable bonds is 6. The maximum Gasteiger partial charge on any atom is 0.224 e. The van der Waals surface area contributed by atoms with Crippen LogP contribution in [0.25, 0.3) is 0 Å². The molecular weight excluding hydrogens is 417 g/mol. The Morgan fingerprint density at radius 2 is 1.92 bits per heavy atom. The van der Waals surface area contributed by atoms with Gasteiger partial charge in [0.25, 0.3) is 0 Å². The lowest BCUT2D eigenvalue weighted by Gasteiger charge is -2.17. The van der Waals surface area contributed by atoms with E-state index >= 15 is 0 Å². The molecule has 0 radical (unpaired) electrons. The molecule has 0 saturated carbocycles. The van der Waals surface area contributed by atoms with Gasteiger partial charge in [0, 0.05) is 21.7 Å². The topological polar surface area (TPSA) is 47.6 Å². The third kappa shape index (κ3) is 4.63. The van der Waals surface area contributed by atoms with E-state index in [0.29, 0.717) is 6.42 Å². The fourth-order valence-corrected chi connectivity index (χ4v) is 3.23. The summed E-state index contributed by atoms with van der Waals surface area (Å²) in [6.07, 6.45) is 0.383. The Kier molecular flexibility index (Phi) is 6.48. The van der Waals surface area contributed by atoms with Crippen molar-refractivity contribution in [3.63, 3.8) is 0 Å². The number of amides is 1. The molecule has 0 aromatic heterocycles. The molecule has 24 heavy (non-hydrogen) atoms. The summed E-state index contributed by atoms with van der Waals surface area (Å²) in [6.45, 7) is 4.01. The Labute approximate surface area is 156 Å². The van der Waals surface area contributed by atoms with Gasteiger partial charge in [0.1, 0.15) is 11.5 Å². The minimum Gasteiger partial charge on any atom is -0.497 e. The van der Waals surface area contributed by atoms with E-state index in [1.165, 1.54) is 0 Å². The SMILES string of the molecule is COc1ccc(C(C)CC(=O)Nc2ccc(I)cc2C)c(OC)c1. The minimum absolute atomic E-state index is 0.00956. The highest BCUT2D eigenvalue weighted by Gasteiger charge is 2.16. The van der Waals surface area contributed by atoms with Crippen molar-refractivity contribution < 1.29 is 14.3 Å². The van der Waals surface area contributed by atoms with Gasteiger partial charge in [-0.2, -0.15) is 0 Å². The first-order chi connectivity index (χ1) is 11.4. The van der Waals surface area contributed by atoms with Gasteiger partial charge in [-0.15, -0.1) is 0 Å². The second-order valence-electron chi connectivity index (χ2n) is 5.72. The monoisotopic (exact) mass is 439 g/mol. The van der Waals surface area contributed by atoms with Gasteiger partial charge in [-0.3, -0.25) is 4.79 Å². The molecule has 5 heteroatoms. The van der Waals surface area contributed by atoms with Crippen molar-refractivity contribution in [3.8, 4) is 11.5 Å². The molecule has 0 aliphatic rings. The zero-order chi connectivity index (χ0) is 17.7. The Morgan fingerprint density at radius 3 is 2.54 bits per heavy atom. The van der Waals surface area contributed by atoms with Crippen molar-refractivity contribution in [2.24, 2.45) is 0 Å². The highest BCUT2D eigenvalue weighted by atomic mass is 127. The molecule has 0 spiro atoms. The summed E-state index contributed by atoms with van der Waals surface area (Å²) in [6, 6.07) is 11.6. The second kappa shape index (κ2) is 8.37. The number of halogens is 1. The minimum atomic E-state index is -0.00956. The van der Waals surface area contributed by atoms with Crippen LogP contribution in [0.2, 0.25) is 0 Å². The maximum absolute atomic E-state index is 12.4. The molecule has 1 unspecified atom stereocenters. The summed E-state index contributed by atoms with van der Waals surface area (Å²) in [5.41, 5.74) is 2.91. The van der Waals surface area contributed by atoms with Crippen LogP contribution in [0.5, 0.6) is 11.5 Å². The van der Waals surface area contributed by atoms with Crippen LogP contribution < -0.4 is 14.8 Å². The number of carbonyl (C=O) groups excluding carboxylic acids is 1. The molecule has 2 rings (SSSR count). The van der Waals surface area contributed by atoms with Crippen LogP contribution in [-0.2, 0) is 4.79 Å². The van der Waals surface area contributed by atoms with Gasteiger partial charge in [-0.1, -0.05) is 13.0 Å². The Balaban J connectivity index is 2.08. The Hall–Kier alpha value is -1.76. The molecule has 2 aromatic rings. The van der Waals surface area contributed by atoms with E-state index in [1.54, 1.807) is 14.2 Å². The first-order valence-electron chi connectivity index (χ1n) is 7.72. The Bertz CT molecular complexity index is 731. The lowest BCUT2D eigenvalue weighted by molar-refractivity contribution is -0.116. The van der Waals surface area contributed by atoms with Gasteiger partial charge in [0.05, 0.1) is 14.2 Å². The van der Waals surface area contributed by atoms with Crippen molar-refractivity contribution in [3.05, 3.63) is 51.1 Å². The van der Waals surface area contributed by atoms with Gasteiger partial charge >= 0.3 is 0 Å². The molecule has 0 fully saturated rings. The van der Waals surface area contributed by atoms with E-state index in [4.69, 9.17) is 9.47 Å². The van der Waals surface area contributed by atoms with Crippen LogP contribution in [0.4, 0.5) is 5.69 Å². The number of hydrogen-bond donors (Lipinski definition) is 1. The van der Waals surface area contributed by atoms with Crippen molar-refractivity contribution in [1.82, 2.24) is 0 Å². The maximum atomic E-state index is 12.4. The van der Waals surface area contributed by atoms with Gasteiger partial charge in [0.2, 0.25) is 5.91 Å². The van der Waals surface area contributed by atoms with Crippen molar-refractivity contribution >= 4 is 34.2 Å². The predicted octanol–water partition coefficient (Wildman–Crippen LogP) is 4.75. The molecule has 0 saturated heterocycles. The van der Waals surface area contributed by atoms with Crippen LogP contribution in [0.1, 0.15) is 30.4 Å². The molecule has 4 nitrogen and oxygen atoms in total. The molecule has 0 bridgehead atoms. The fraction of sp³-hybridized carbons (Fsp3) is 0.316. The third-order valence-corrected chi connectivity index (χ3v) is 4.60. The summed E-state index contributed by atoms with van der Waals surface area (Å²) >= 11 is 2.26. The van der Waals surface area contributed by atoms with Crippen LogP contribution >= 0.6 is 22.6 Å².